The molecular formula is C29H31F3N6O4. The summed E-state index contributed by atoms with van der Waals surface area (Å²) in [5.41, 5.74) is 1.56. The number of halogens is 3. The lowest BCUT2D eigenvalue weighted by molar-refractivity contribution is -0.185. The summed E-state index contributed by atoms with van der Waals surface area (Å²) in [5.74, 6) is 0.260. The van der Waals surface area contributed by atoms with Gasteiger partial charge in [0, 0.05) is 37.0 Å². The number of carbonyl (C=O) groups is 1. The summed E-state index contributed by atoms with van der Waals surface area (Å²) in [6.45, 7) is 6.81. The average Bonchev–Trinajstić information content (AvgIpc) is 3.65. The highest BCUT2D eigenvalue weighted by Crippen LogP contribution is 2.41. The molecule has 0 radical (unpaired) electrons. The number of aromatic nitrogens is 3. The number of benzene rings is 2. The second-order valence-electron chi connectivity index (χ2n) is 10.3. The van der Waals surface area contributed by atoms with Crippen molar-refractivity contribution in [3.63, 3.8) is 0 Å². The highest BCUT2D eigenvalue weighted by atomic mass is 19.4. The molecule has 0 bridgehead atoms. The molecule has 2 amide bonds. The Bertz CT molecular complexity index is 1480. The molecule has 0 spiro atoms. The molecule has 3 heterocycles. The van der Waals surface area contributed by atoms with Crippen LogP contribution in [-0.2, 0) is 10.2 Å². The number of aromatic amines is 1. The zero-order valence-corrected chi connectivity index (χ0v) is 23.1. The van der Waals surface area contributed by atoms with Crippen LogP contribution in [0, 0.1) is 0 Å². The Kier molecular flexibility index (Phi) is 8.50. The monoisotopic (exact) mass is 584 g/mol. The van der Waals surface area contributed by atoms with Crippen molar-refractivity contribution in [1.82, 2.24) is 20.3 Å². The minimum atomic E-state index is -4.54. The normalized spacial score (nSPS) is 14.5. The van der Waals surface area contributed by atoms with Crippen molar-refractivity contribution in [1.29, 1.82) is 0 Å². The topological polar surface area (TPSA) is 118 Å². The SMILES string of the molecule is CC(C)(c1cc(NC(=O)Nc2ccc(-c3cc(-c4ccc(OCCN5CCOCC5)cc4)n[nH]3)cc2)no1)C(F)(F)F. The van der Waals surface area contributed by atoms with E-state index in [1.54, 1.807) is 24.3 Å². The average molecular weight is 585 g/mol. The zero-order chi connectivity index (χ0) is 29.7. The van der Waals surface area contributed by atoms with Gasteiger partial charge in [0.25, 0.3) is 0 Å². The zero-order valence-electron chi connectivity index (χ0n) is 23.1. The molecule has 0 unspecified atom stereocenters. The van der Waals surface area contributed by atoms with E-state index >= 15 is 0 Å². The fraction of sp³-hybridized carbons (Fsp3) is 0.345. The first-order valence-electron chi connectivity index (χ1n) is 13.4. The Morgan fingerprint density at radius 3 is 2.38 bits per heavy atom. The summed E-state index contributed by atoms with van der Waals surface area (Å²) in [5, 5.41) is 16.0. The maximum Gasteiger partial charge on any atom is 0.401 e. The number of hydrogen-bond donors (Lipinski definition) is 3. The summed E-state index contributed by atoms with van der Waals surface area (Å²) in [6.07, 6.45) is -4.54. The molecule has 0 aliphatic carbocycles. The first-order valence-corrected chi connectivity index (χ1v) is 13.4. The molecule has 222 valence electrons. The lowest BCUT2D eigenvalue weighted by atomic mass is 9.89. The largest absolute Gasteiger partial charge is 0.492 e. The lowest BCUT2D eigenvalue weighted by Gasteiger charge is -2.26. The van der Waals surface area contributed by atoms with Gasteiger partial charge in [-0.2, -0.15) is 18.3 Å². The summed E-state index contributed by atoms with van der Waals surface area (Å²) >= 11 is 0. The van der Waals surface area contributed by atoms with E-state index in [2.05, 4.69) is 30.9 Å². The van der Waals surface area contributed by atoms with Crippen molar-refractivity contribution in [3.8, 4) is 28.3 Å². The highest BCUT2D eigenvalue weighted by Gasteiger charge is 2.51. The van der Waals surface area contributed by atoms with Crippen LogP contribution in [0.1, 0.15) is 19.6 Å². The molecule has 3 N–H and O–H groups in total. The highest BCUT2D eigenvalue weighted by molar-refractivity contribution is 5.99. The number of alkyl halides is 3. The maximum absolute atomic E-state index is 13.2. The third kappa shape index (κ3) is 6.92. The number of hydrogen-bond acceptors (Lipinski definition) is 7. The van der Waals surface area contributed by atoms with Crippen LogP contribution in [0.5, 0.6) is 5.75 Å². The number of anilines is 2. The fourth-order valence-corrected chi connectivity index (χ4v) is 4.24. The van der Waals surface area contributed by atoms with Crippen LogP contribution < -0.4 is 15.4 Å². The van der Waals surface area contributed by atoms with Gasteiger partial charge in [-0.05, 0) is 61.9 Å². The molecule has 5 rings (SSSR count). The first kappa shape index (κ1) is 29.1. The second kappa shape index (κ2) is 12.2. The van der Waals surface area contributed by atoms with Crippen LogP contribution >= 0.6 is 0 Å². The molecule has 13 heteroatoms. The quantitative estimate of drug-likeness (QED) is 0.223. The predicted octanol–water partition coefficient (Wildman–Crippen LogP) is 5.93. The smallest absolute Gasteiger partial charge is 0.401 e. The summed E-state index contributed by atoms with van der Waals surface area (Å²) in [6, 6.07) is 17.1. The van der Waals surface area contributed by atoms with Crippen LogP contribution in [0.2, 0.25) is 0 Å². The van der Waals surface area contributed by atoms with Crippen molar-refractivity contribution in [3.05, 3.63) is 66.4 Å². The number of rotatable bonds is 9. The number of morpholine rings is 1. The Balaban J connectivity index is 1.13. The number of urea groups is 1. The van der Waals surface area contributed by atoms with Crippen molar-refractivity contribution in [2.24, 2.45) is 0 Å². The number of nitrogens with zero attached hydrogens (tertiary/aromatic N) is 3. The second-order valence-corrected chi connectivity index (χ2v) is 10.3. The third-order valence-corrected chi connectivity index (χ3v) is 7.04. The van der Waals surface area contributed by atoms with Crippen LogP contribution in [0.15, 0.2) is 65.2 Å². The van der Waals surface area contributed by atoms with E-state index in [-0.39, 0.29) is 5.82 Å². The van der Waals surface area contributed by atoms with Gasteiger partial charge in [-0.15, -0.1) is 0 Å². The maximum atomic E-state index is 13.2. The number of H-pyrrole nitrogens is 1. The van der Waals surface area contributed by atoms with Gasteiger partial charge in [-0.25, -0.2) is 4.79 Å². The van der Waals surface area contributed by atoms with E-state index in [0.717, 1.165) is 81.0 Å². The van der Waals surface area contributed by atoms with Gasteiger partial charge in [-0.3, -0.25) is 15.3 Å². The molecule has 1 aliphatic heterocycles. The van der Waals surface area contributed by atoms with Gasteiger partial charge in [0.1, 0.15) is 17.8 Å². The van der Waals surface area contributed by atoms with Gasteiger partial charge >= 0.3 is 12.2 Å². The number of carbonyl (C=O) groups excluding carboxylic acids is 1. The van der Waals surface area contributed by atoms with Gasteiger partial charge < -0.3 is 19.3 Å². The number of nitrogens with one attached hydrogen (secondary N) is 3. The van der Waals surface area contributed by atoms with E-state index in [1.165, 1.54) is 0 Å². The van der Waals surface area contributed by atoms with Gasteiger partial charge in [0.15, 0.2) is 11.6 Å². The Hall–Kier alpha value is -4.36. The Morgan fingerprint density at radius 1 is 1.00 bits per heavy atom. The van der Waals surface area contributed by atoms with E-state index in [0.29, 0.717) is 12.3 Å². The van der Waals surface area contributed by atoms with Gasteiger partial charge in [0.05, 0.1) is 24.6 Å². The molecule has 4 aromatic rings. The van der Waals surface area contributed by atoms with Crippen molar-refractivity contribution in [2.75, 3.05) is 50.1 Å². The fourth-order valence-electron chi connectivity index (χ4n) is 4.24. The van der Waals surface area contributed by atoms with Gasteiger partial charge in [0.2, 0.25) is 0 Å². The molecule has 1 fully saturated rings. The molecular weight excluding hydrogens is 553 g/mol. The molecule has 2 aromatic carbocycles. The van der Waals surface area contributed by atoms with E-state index in [1.807, 2.05) is 30.3 Å². The third-order valence-electron chi connectivity index (χ3n) is 7.04. The molecule has 2 aromatic heterocycles. The Labute approximate surface area is 240 Å². The van der Waals surface area contributed by atoms with Crippen LogP contribution in [0.3, 0.4) is 0 Å². The van der Waals surface area contributed by atoms with Crippen LogP contribution in [-0.4, -0.2) is 71.9 Å². The first-order chi connectivity index (χ1) is 20.1. The molecule has 1 aliphatic rings. The van der Waals surface area contributed by atoms with E-state index < -0.39 is 23.4 Å². The standard InChI is InChI=1S/C29H31F3N6O4/c1-28(2,29(30,31)32)25-18-26(37-42-25)34-27(39)33-21-7-3-19(4-8-21)23-17-24(36-35-23)20-5-9-22(10-6-20)41-16-13-38-11-14-40-15-12-38/h3-10,17-18H,11-16H2,1-2H3,(H,35,36)(H2,33,34,37,39). The van der Waals surface area contributed by atoms with Crippen LogP contribution in [0.25, 0.3) is 22.5 Å². The minimum Gasteiger partial charge on any atom is -0.492 e. The molecule has 1 saturated heterocycles. The van der Waals surface area contributed by atoms with Crippen molar-refractivity contribution >= 4 is 17.5 Å². The molecule has 10 nitrogen and oxygen atoms in total. The van der Waals surface area contributed by atoms with E-state index in [9.17, 15) is 18.0 Å². The van der Waals surface area contributed by atoms with Gasteiger partial charge in [-0.1, -0.05) is 17.3 Å². The number of amides is 2. The Morgan fingerprint density at radius 2 is 1.69 bits per heavy atom. The lowest BCUT2D eigenvalue weighted by Crippen LogP contribution is -2.38. The number of ether oxygens (including phenoxy) is 2. The van der Waals surface area contributed by atoms with Crippen molar-refractivity contribution in [2.45, 2.75) is 25.4 Å². The summed E-state index contributed by atoms with van der Waals surface area (Å²) < 4.78 is 55.7. The van der Waals surface area contributed by atoms with Crippen LogP contribution in [0.4, 0.5) is 29.5 Å². The predicted molar refractivity (Wildman–Crippen MR) is 150 cm³/mol. The molecule has 42 heavy (non-hydrogen) atoms. The molecule has 0 atom stereocenters. The molecule has 0 saturated carbocycles. The summed E-state index contributed by atoms with van der Waals surface area (Å²) in [4.78, 5) is 14.7. The minimum absolute atomic E-state index is 0.131. The summed E-state index contributed by atoms with van der Waals surface area (Å²) in [7, 11) is 0. The van der Waals surface area contributed by atoms with E-state index in [4.69, 9.17) is 14.0 Å². The van der Waals surface area contributed by atoms with Crippen molar-refractivity contribution < 1.29 is 32.0 Å².